The van der Waals surface area contributed by atoms with E-state index < -0.39 is 30.0 Å². The Morgan fingerprint density at radius 1 is 1.62 bits per heavy atom. The second-order valence-electron chi connectivity index (χ2n) is 2.96. The number of halogens is 4. The van der Waals surface area contributed by atoms with Gasteiger partial charge in [0.2, 0.25) is 0 Å². The summed E-state index contributed by atoms with van der Waals surface area (Å²) in [6, 6.07) is 0. The van der Waals surface area contributed by atoms with Crippen LogP contribution in [0.15, 0.2) is 0 Å². The number of nitrogens with two attached hydrogens (primary N) is 1. The van der Waals surface area contributed by atoms with Gasteiger partial charge in [-0.25, -0.2) is 0 Å². The first-order chi connectivity index (χ1) is 5.34. The lowest BCUT2D eigenvalue weighted by atomic mass is 10.0. The quantitative estimate of drug-likeness (QED) is 0.729. The molecule has 0 aromatic heterocycles. The Bertz CT molecular complexity index is 220. The van der Waals surface area contributed by atoms with Crippen molar-refractivity contribution in [2.45, 2.75) is 12.6 Å². The molecule has 1 saturated carbocycles. The predicted molar refractivity (Wildman–Crippen MR) is 40.5 cm³/mol. The molecule has 2 atom stereocenters. The van der Waals surface area contributed by atoms with Gasteiger partial charge in [-0.05, 0) is 6.42 Å². The van der Waals surface area contributed by atoms with Gasteiger partial charge < -0.3 is 10.8 Å². The molecule has 1 fully saturated rings. The number of carboxylic acid groups (broad SMARTS) is 1. The van der Waals surface area contributed by atoms with E-state index in [1.54, 1.807) is 0 Å². The molecule has 2 unspecified atom stereocenters. The molecular weight excluding hydrogens is 211 g/mol. The van der Waals surface area contributed by atoms with E-state index in [4.69, 9.17) is 10.8 Å². The van der Waals surface area contributed by atoms with Crippen LogP contribution in [0.2, 0.25) is 0 Å². The summed E-state index contributed by atoms with van der Waals surface area (Å²) < 4.78 is 35.9. The minimum Gasteiger partial charge on any atom is -0.481 e. The van der Waals surface area contributed by atoms with Crippen LogP contribution in [0.5, 0.6) is 0 Å². The van der Waals surface area contributed by atoms with E-state index in [1.165, 1.54) is 0 Å². The summed E-state index contributed by atoms with van der Waals surface area (Å²) in [7, 11) is 0. The normalized spacial score (nSPS) is 32.2. The Labute approximate surface area is 78.5 Å². The fourth-order valence-electron chi connectivity index (χ4n) is 1.28. The second-order valence-corrected chi connectivity index (χ2v) is 2.96. The minimum absolute atomic E-state index is 0. The Balaban J connectivity index is 0.00000144. The number of hydrogen-bond acceptors (Lipinski definition) is 2. The Hall–Kier alpha value is -0.490. The zero-order valence-corrected chi connectivity index (χ0v) is 7.28. The molecule has 0 heterocycles. The number of carboxylic acids is 1. The molecule has 0 aromatic rings. The highest BCUT2D eigenvalue weighted by Crippen LogP contribution is 2.59. The van der Waals surface area contributed by atoms with Gasteiger partial charge in [0.05, 0.1) is 11.3 Å². The van der Waals surface area contributed by atoms with E-state index in [0.717, 1.165) is 0 Å². The first-order valence-electron chi connectivity index (χ1n) is 3.35. The molecule has 0 saturated heterocycles. The standard InChI is InChI=1S/C6H8F3NO2.ClH/c7-6(8,9)3-1-5(3,2-10)4(11)12;/h3H,1-2,10H2,(H,11,12);1H. The van der Waals surface area contributed by atoms with Crippen molar-refractivity contribution < 1.29 is 23.1 Å². The summed E-state index contributed by atoms with van der Waals surface area (Å²) in [5, 5.41) is 8.46. The lowest BCUT2D eigenvalue weighted by Gasteiger charge is -2.10. The summed E-state index contributed by atoms with van der Waals surface area (Å²) >= 11 is 0. The molecule has 0 spiro atoms. The first-order valence-corrected chi connectivity index (χ1v) is 3.35. The van der Waals surface area contributed by atoms with E-state index in [1.807, 2.05) is 0 Å². The Morgan fingerprint density at radius 2 is 2.08 bits per heavy atom. The number of rotatable bonds is 2. The van der Waals surface area contributed by atoms with Crippen molar-refractivity contribution in [2.24, 2.45) is 17.1 Å². The van der Waals surface area contributed by atoms with Crippen molar-refractivity contribution in [3.05, 3.63) is 0 Å². The highest BCUT2D eigenvalue weighted by atomic mass is 35.5. The van der Waals surface area contributed by atoms with E-state index in [9.17, 15) is 18.0 Å². The average molecular weight is 220 g/mol. The number of hydrogen-bond donors (Lipinski definition) is 2. The largest absolute Gasteiger partial charge is 0.481 e. The molecule has 0 aliphatic heterocycles. The van der Waals surface area contributed by atoms with Gasteiger partial charge in [0.1, 0.15) is 0 Å². The SMILES string of the molecule is Cl.NCC1(C(=O)O)CC1C(F)(F)F. The summed E-state index contributed by atoms with van der Waals surface area (Å²) in [6.07, 6.45) is -4.82. The van der Waals surface area contributed by atoms with Crippen molar-refractivity contribution >= 4 is 18.4 Å². The molecule has 13 heavy (non-hydrogen) atoms. The lowest BCUT2D eigenvalue weighted by Crippen LogP contribution is -2.31. The third-order valence-corrected chi connectivity index (χ3v) is 2.26. The molecule has 3 nitrogen and oxygen atoms in total. The van der Waals surface area contributed by atoms with Crippen LogP contribution in [-0.4, -0.2) is 23.8 Å². The van der Waals surface area contributed by atoms with Crippen molar-refractivity contribution in [3.8, 4) is 0 Å². The third-order valence-electron chi connectivity index (χ3n) is 2.26. The molecule has 0 aromatic carbocycles. The van der Waals surface area contributed by atoms with Crippen molar-refractivity contribution in [3.63, 3.8) is 0 Å². The van der Waals surface area contributed by atoms with Gasteiger partial charge in [0, 0.05) is 6.54 Å². The zero-order valence-electron chi connectivity index (χ0n) is 6.47. The van der Waals surface area contributed by atoms with Crippen molar-refractivity contribution in [2.75, 3.05) is 6.54 Å². The van der Waals surface area contributed by atoms with E-state index in [-0.39, 0.29) is 18.8 Å². The van der Waals surface area contributed by atoms with E-state index >= 15 is 0 Å². The van der Waals surface area contributed by atoms with Crippen molar-refractivity contribution in [1.82, 2.24) is 0 Å². The summed E-state index contributed by atoms with van der Waals surface area (Å²) in [5.74, 6) is -3.21. The topological polar surface area (TPSA) is 63.3 Å². The molecule has 7 heteroatoms. The Kier molecular flexibility index (Phi) is 3.21. The molecule has 78 valence electrons. The fourth-order valence-corrected chi connectivity index (χ4v) is 1.28. The summed E-state index contributed by atoms with van der Waals surface area (Å²) in [5.41, 5.74) is 3.24. The molecule has 0 radical (unpaired) electrons. The van der Waals surface area contributed by atoms with Crippen LogP contribution < -0.4 is 5.73 Å². The smallest absolute Gasteiger partial charge is 0.393 e. The van der Waals surface area contributed by atoms with Crippen LogP contribution in [0, 0.1) is 11.3 Å². The van der Waals surface area contributed by atoms with Gasteiger partial charge in [-0.15, -0.1) is 12.4 Å². The Morgan fingerprint density at radius 3 is 2.15 bits per heavy atom. The molecule has 0 amide bonds. The second kappa shape index (κ2) is 3.34. The van der Waals surface area contributed by atoms with Crippen LogP contribution in [0.1, 0.15) is 6.42 Å². The van der Waals surface area contributed by atoms with E-state index in [2.05, 4.69) is 0 Å². The molecule has 1 rings (SSSR count). The average Bonchev–Trinajstić information content (AvgIpc) is 2.60. The van der Waals surface area contributed by atoms with Crippen LogP contribution in [0.3, 0.4) is 0 Å². The number of carbonyl (C=O) groups is 1. The van der Waals surface area contributed by atoms with Gasteiger partial charge >= 0.3 is 12.1 Å². The van der Waals surface area contributed by atoms with Gasteiger partial charge in [-0.2, -0.15) is 13.2 Å². The molecule has 3 N–H and O–H groups in total. The van der Waals surface area contributed by atoms with Gasteiger partial charge in [-0.3, -0.25) is 4.79 Å². The highest BCUT2D eigenvalue weighted by Gasteiger charge is 2.70. The van der Waals surface area contributed by atoms with Crippen molar-refractivity contribution in [1.29, 1.82) is 0 Å². The van der Waals surface area contributed by atoms with Crippen LogP contribution in [-0.2, 0) is 4.79 Å². The molecule has 1 aliphatic rings. The van der Waals surface area contributed by atoms with Gasteiger partial charge in [0.25, 0.3) is 0 Å². The maximum absolute atomic E-state index is 12.0. The van der Waals surface area contributed by atoms with Gasteiger partial charge in [-0.1, -0.05) is 0 Å². The molecular formula is C6H9ClF3NO2. The van der Waals surface area contributed by atoms with Crippen LogP contribution in [0.4, 0.5) is 13.2 Å². The number of aliphatic carboxylic acids is 1. The van der Waals surface area contributed by atoms with Crippen LogP contribution >= 0.6 is 12.4 Å². The predicted octanol–water partition coefficient (Wildman–Crippen LogP) is 1.02. The third kappa shape index (κ3) is 1.88. The van der Waals surface area contributed by atoms with Crippen LogP contribution in [0.25, 0.3) is 0 Å². The summed E-state index contributed by atoms with van der Waals surface area (Å²) in [6.45, 7) is -0.452. The first kappa shape index (κ1) is 12.5. The monoisotopic (exact) mass is 219 g/mol. The fraction of sp³-hybridized carbons (Fsp3) is 0.833. The zero-order chi connectivity index (χ0) is 9.57. The maximum atomic E-state index is 12.0. The van der Waals surface area contributed by atoms with Gasteiger partial charge in [0.15, 0.2) is 0 Å². The van der Waals surface area contributed by atoms with E-state index in [0.29, 0.717) is 0 Å². The molecule has 1 aliphatic carbocycles. The lowest BCUT2D eigenvalue weighted by molar-refractivity contribution is -0.167. The number of alkyl halides is 3. The molecule has 0 bridgehead atoms. The highest BCUT2D eigenvalue weighted by molar-refractivity contribution is 5.85. The minimum atomic E-state index is -4.43. The summed E-state index contributed by atoms with van der Waals surface area (Å²) in [4.78, 5) is 10.4. The maximum Gasteiger partial charge on any atom is 0.393 e.